The fraction of sp³-hybridized carbons (Fsp3) is 0.417. The number of ether oxygens (including phenoxy) is 1. The summed E-state index contributed by atoms with van der Waals surface area (Å²) in [7, 11) is 0. The summed E-state index contributed by atoms with van der Waals surface area (Å²) in [6.07, 6.45) is 1.26. The first-order chi connectivity index (χ1) is 14.8. The lowest BCUT2D eigenvalue weighted by atomic mass is 10.1. The van der Waals surface area contributed by atoms with Crippen molar-refractivity contribution < 1.29 is 14.3 Å². The van der Waals surface area contributed by atoms with Crippen LogP contribution < -0.4 is 10.1 Å². The lowest BCUT2D eigenvalue weighted by Crippen LogP contribution is -2.50. The zero-order valence-corrected chi connectivity index (χ0v) is 20.0. The van der Waals surface area contributed by atoms with Crippen LogP contribution in [0.15, 0.2) is 36.4 Å². The molecule has 0 radical (unpaired) electrons. The number of carbonyl (C=O) groups is 2. The third-order valence-electron chi connectivity index (χ3n) is 4.88. The molecule has 5 nitrogen and oxygen atoms in total. The number of carbonyl (C=O) groups excluding carboxylic acids is 2. The van der Waals surface area contributed by atoms with Crippen LogP contribution in [-0.4, -0.2) is 35.9 Å². The first kappa shape index (κ1) is 25.0. The average molecular weight is 465 g/mol. The van der Waals surface area contributed by atoms with Crippen LogP contribution in [-0.2, 0) is 16.1 Å². The van der Waals surface area contributed by atoms with Gasteiger partial charge in [-0.15, -0.1) is 0 Å². The highest BCUT2D eigenvalue weighted by Crippen LogP contribution is 2.27. The zero-order valence-electron chi connectivity index (χ0n) is 18.5. The number of nitrogens with one attached hydrogen (secondary N) is 1. The Morgan fingerprint density at radius 3 is 2.23 bits per heavy atom. The molecule has 31 heavy (non-hydrogen) atoms. The molecule has 0 fully saturated rings. The van der Waals surface area contributed by atoms with Gasteiger partial charge >= 0.3 is 0 Å². The van der Waals surface area contributed by atoms with Gasteiger partial charge in [0.15, 0.2) is 6.61 Å². The summed E-state index contributed by atoms with van der Waals surface area (Å²) >= 11 is 12.7. The Bertz CT molecular complexity index is 877. The van der Waals surface area contributed by atoms with Crippen molar-refractivity contribution in [1.82, 2.24) is 10.2 Å². The molecule has 0 heterocycles. The zero-order chi connectivity index (χ0) is 23.0. The van der Waals surface area contributed by atoms with Crippen LogP contribution in [0, 0.1) is 13.8 Å². The molecule has 2 amide bonds. The first-order valence-electron chi connectivity index (χ1n) is 10.5. The van der Waals surface area contributed by atoms with Crippen molar-refractivity contribution >= 4 is 35.0 Å². The molecule has 7 heteroatoms. The van der Waals surface area contributed by atoms with E-state index in [4.69, 9.17) is 27.9 Å². The van der Waals surface area contributed by atoms with Crippen molar-refractivity contribution in [1.29, 1.82) is 0 Å². The fourth-order valence-electron chi connectivity index (χ4n) is 3.38. The number of halogens is 2. The van der Waals surface area contributed by atoms with Crippen molar-refractivity contribution in [2.24, 2.45) is 0 Å². The predicted octanol–water partition coefficient (Wildman–Crippen LogP) is 5.32. The molecule has 1 atom stereocenters. The largest absolute Gasteiger partial charge is 0.484 e. The first-order valence-corrected chi connectivity index (χ1v) is 11.2. The van der Waals surface area contributed by atoms with Gasteiger partial charge in [-0.2, -0.15) is 0 Å². The topological polar surface area (TPSA) is 58.6 Å². The smallest absolute Gasteiger partial charge is 0.261 e. The third kappa shape index (κ3) is 7.15. The summed E-state index contributed by atoms with van der Waals surface area (Å²) < 4.78 is 5.78. The monoisotopic (exact) mass is 464 g/mol. The highest BCUT2D eigenvalue weighted by molar-refractivity contribution is 6.36. The maximum absolute atomic E-state index is 13.2. The summed E-state index contributed by atoms with van der Waals surface area (Å²) in [5, 5.41) is 3.78. The molecule has 0 aliphatic rings. The highest BCUT2D eigenvalue weighted by atomic mass is 35.5. The second-order valence-electron chi connectivity index (χ2n) is 7.55. The Labute approximate surface area is 194 Å². The molecule has 0 aromatic heterocycles. The van der Waals surface area contributed by atoms with Gasteiger partial charge in [0.2, 0.25) is 5.91 Å². The van der Waals surface area contributed by atoms with E-state index < -0.39 is 6.04 Å². The fourth-order valence-corrected chi connectivity index (χ4v) is 3.90. The molecule has 1 N–H and O–H groups in total. The van der Waals surface area contributed by atoms with Crippen molar-refractivity contribution in [2.75, 3.05) is 13.2 Å². The Kier molecular flexibility index (Phi) is 9.66. The number of hydrogen-bond acceptors (Lipinski definition) is 3. The molecule has 0 saturated heterocycles. The van der Waals surface area contributed by atoms with Crippen molar-refractivity contribution in [3.05, 3.63) is 63.1 Å². The standard InChI is InChI=1S/C24H30Cl2N2O3/c1-5-10-27-24(30)22(6-2)28(14-19-20(25)8-7-9-21(19)26)23(29)15-31-18-12-16(3)11-17(4)13-18/h7-9,11-13,22H,5-6,10,14-15H2,1-4H3,(H,27,30). The summed E-state index contributed by atoms with van der Waals surface area (Å²) in [6.45, 7) is 8.26. The Morgan fingerprint density at radius 2 is 1.68 bits per heavy atom. The Morgan fingerprint density at radius 1 is 1.06 bits per heavy atom. The molecule has 2 rings (SSSR count). The predicted molar refractivity (Wildman–Crippen MR) is 126 cm³/mol. The number of hydrogen-bond donors (Lipinski definition) is 1. The van der Waals surface area contributed by atoms with Crippen LogP contribution in [0.4, 0.5) is 0 Å². The molecule has 0 saturated carbocycles. The average Bonchev–Trinajstić information content (AvgIpc) is 2.71. The lowest BCUT2D eigenvalue weighted by Gasteiger charge is -2.31. The minimum atomic E-state index is -0.658. The van der Waals surface area contributed by atoms with Crippen molar-refractivity contribution in [3.63, 3.8) is 0 Å². The van der Waals surface area contributed by atoms with Gasteiger partial charge in [-0.1, -0.05) is 49.2 Å². The molecule has 2 aromatic rings. The van der Waals surface area contributed by atoms with Gasteiger partial charge in [-0.3, -0.25) is 9.59 Å². The second kappa shape index (κ2) is 12.0. The van der Waals surface area contributed by atoms with Gasteiger partial charge < -0.3 is 15.0 Å². The summed E-state index contributed by atoms with van der Waals surface area (Å²) in [5.41, 5.74) is 2.70. The van der Waals surface area contributed by atoms with E-state index in [2.05, 4.69) is 5.32 Å². The van der Waals surface area contributed by atoms with Crippen molar-refractivity contribution in [3.8, 4) is 5.75 Å². The molecule has 0 aliphatic heterocycles. The molecule has 1 unspecified atom stereocenters. The molecule has 2 aromatic carbocycles. The lowest BCUT2D eigenvalue weighted by molar-refractivity contribution is -0.143. The minimum Gasteiger partial charge on any atom is -0.484 e. The number of rotatable bonds is 10. The van der Waals surface area contributed by atoms with Crippen LogP contribution >= 0.6 is 23.2 Å². The van der Waals surface area contributed by atoms with E-state index in [0.717, 1.165) is 17.5 Å². The maximum atomic E-state index is 13.2. The number of aryl methyl sites for hydroxylation is 2. The normalized spacial score (nSPS) is 11.7. The number of nitrogens with zero attached hydrogens (tertiary/aromatic N) is 1. The summed E-state index contributed by atoms with van der Waals surface area (Å²) in [4.78, 5) is 27.5. The van der Waals surface area contributed by atoms with Crippen LogP contribution in [0.2, 0.25) is 10.0 Å². The molecular formula is C24H30Cl2N2O3. The maximum Gasteiger partial charge on any atom is 0.261 e. The van der Waals surface area contributed by atoms with Gasteiger partial charge in [-0.05, 0) is 62.1 Å². The van der Waals surface area contributed by atoms with Crippen LogP contribution in [0.25, 0.3) is 0 Å². The van der Waals surface area contributed by atoms with Gasteiger partial charge in [0.1, 0.15) is 11.8 Å². The van der Waals surface area contributed by atoms with Gasteiger partial charge in [0, 0.05) is 28.7 Å². The SMILES string of the molecule is CCCNC(=O)C(CC)N(Cc1c(Cl)cccc1Cl)C(=O)COc1cc(C)cc(C)c1. The van der Waals surface area contributed by atoms with Crippen molar-refractivity contribution in [2.45, 2.75) is 53.1 Å². The quantitative estimate of drug-likeness (QED) is 0.517. The number of amides is 2. The molecule has 168 valence electrons. The van der Waals surface area contributed by atoms with E-state index in [1.165, 1.54) is 4.90 Å². The minimum absolute atomic E-state index is 0.117. The van der Waals surface area contributed by atoms with Crippen LogP contribution in [0.5, 0.6) is 5.75 Å². The van der Waals surface area contributed by atoms with Gasteiger partial charge in [0.25, 0.3) is 5.91 Å². The van der Waals surface area contributed by atoms with E-state index in [1.54, 1.807) is 18.2 Å². The second-order valence-corrected chi connectivity index (χ2v) is 8.36. The third-order valence-corrected chi connectivity index (χ3v) is 5.59. The highest BCUT2D eigenvalue weighted by Gasteiger charge is 2.29. The van der Waals surface area contributed by atoms with E-state index in [-0.39, 0.29) is 25.0 Å². The van der Waals surface area contributed by atoms with E-state index in [1.807, 2.05) is 45.9 Å². The summed E-state index contributed by atoms with van der Waals surface area (Å²) in [6, 6.07) is 10.3. The van der Waals surface area contributed by atoms with Gasteiger partial charge in [-0.25, -0.2) is 0 Å². The molecular weight excluding hydrogens is 435 g/mol. The molecule has 0 spiro atoms. The van der Waals surface area contributed by atoms with E-state index in [0.29, 0.717) is 34.3 Å². The van der Waals surface area contributed by atoms with Gasteiger partial charge in [0.05, 0.1) is 0 Å². The van der Waals surface area contributed by atoms with Crippen LogP contribution in [0.3, 0.4) is 0 Å². The summed E-state index contributed by atoms with van der Waals surface area (Å²) in [5.74, 6) is 0.103. The van der Waals surface area contributed by atoms with E-state index >= 15 is 0 Å². The van der Waals surface area contributed by atoms with Crippen LogP contribution in [0.1, 0.15) is 43.4 Å². The number of benzene rings is 2. The molecule has 0 aliphatic carbocycles. The Balaban J connectivity index is 2.28. The Hall–Kier alpha value is -2.24. The van der Waals surface area contributed by atoms with E-state index in [9.17, 15) is 9.59 Å². The molecule has 0 bridgehead atoms.